The number of rotatable bonds is 5. The Kier molecular flexibility index (Phi) is 5.40. The summed E-state index contributed by atoms with van der Waals surface area (Å²) in [7, 11) is 0. The number of hydrogen-bond acceptors (Lipinski definition) is 4. The van der Waals surface area contributed by atoms with E-state index in [1.54, 1.807) is 0 Å². The molecule has 0 fully saturated rings. The van der Waals surface area contributed by atoms with Crippen LogP contribution in [0.1, 0.15) is 34.6 Å². The van der Waals surface area contributed by atoms with Crippen molar-refractivity contribution in [3.63, 3.8) is 0 Å². The van der Waals surface area contributed by atoms with Crippen molar-refractivity contribution in [2.45, 2.75) is 45.4 Å². The molecule has 0 saturated carbocycles. The molecule has 0 aliphatic carbocycles. The minimum atomic E-state index is -0.514. The number of carbonyl (C=O) groups is 1. The Bertz CT molecular complexity index is 169. The third-order valence-electron chi connectivity index (χ3n) is 1.32. The number of carbonyl (C=O) groups excluding carboxylic acids is 1. The van der Waals surface area contributed by atoms with Gasteiger partial charge in [0.2, 0.25) is 0 Å². The van der Waals surface area contributed by atoms with Crippen LogP contribution in [0, 0.1) is 0 Å². The fourth-order valence-corrected chi connectivity index (χ4v) is 1.28. The zero-order valence-corrected chi connectivity index (χ0v) is 9.83. The van der Waals surface area contributed by atoms with Crippen molar-refractivity contribution in [1.82, 2.24) is 4.72 Å². The molecule has 0 aromatic heterocycles. The lowest BCUT2D eigenvalue weighted by atomic mass is 10.2. The van der Waals surface area contributed by atoms with Gasteiger partial charge in [-0.15, -0.1) is 0 Å². The maximum Gasteiger partial charge on any atom is 0.322 e. The van der Waals surface area contributed by atoms with Crippen molar-refractivity contribution in [2.75, 3.05) is 6.61 Å². The van der Waals surface area contributed by atoms with Crippen LogP contribution in [0.3, 0.4) is 0 Å². The summed E-state index contributed by atoms with van der Waals surface area (Å²) in [5.41, 5.74) is 0. The first-order valence-corrected chi connectivity index (χ1v) is 5.32. The Labute approximate surface area is 84.7 Å². The first-order chi connectivity index (χ1) is 5.90. The monoisotopic (exact) mass is 205 g/mol. The average molecular weight is 205 g/mol. The average Bonchev–Trinajstić information content (AvgIpc) is 2.01. The first kappa shape index (κ1) is 12.8. The summed E-state index contributed by atoms with van der Waals surface area (Å²) in [4.78, 5) is 11.4. The van der Waals surface area contributed by atoms with Gasteiger partial charge in [0.1, 0.15) is 4.75 Å². The van der Waals surface area contributed by atoms with E-state index in [9.17, 15) is 4.79 Å². The van der Waals surface area contributed by atoms with Crippen LogP contribution in [0.5, 0.6) is 0 Å². The highest BCUT2D eigenvalue weighted by Gasteiger charge is 2.30. The van der Waals surface area contributed by atoms with Gasteiger partial charge in [-0.2, -0.15) is 0 Å². The van der Waals surface area contributed by atoms with Crippen molar-refractivity contribution >= 4 is 17.9 Å². The summed E-state index contributed by atoms with van der Waals surface area (Å²) < 4.78 is 7.57. The van der Waals surface area contributed by atoms with Crippen molar-refractivity contribution in [3.8, 4) is 0 Å². The molecule has 0 aliphatic rings. The largest absolute Gasteiger partial charge is 0.465 e. The summed E-state index contributed by atoms with van der Waals surface area (Å²) in [6.45, 7) is 10.0. The second kappa shape index (κ2) is 5.50. The van der Waals surface area contributed by atoms with E-state index in [4.69, 9.17) is 4.74 Å². The van der Waals surface area contributed by atoms with Gasteiger partial charge in [-0.3, -0.25) is 9.52 Å². The topological polar surface area (TPSA) is 38.3 Å². The molecule has 0 radical (unpaired) electrons. The molecule has 0 bridgehead atoms. The molecular weight excluding hydrogens is 186 g/mol. The summed E-state index contributed by atoms with van der Waals surface area (Å²) in [5, 5.41) is 0. The van der Waals surface area contributed by atoms with E-state index in [2.05, 4.69) is 4.72 Å². The first-order valence-electron chi connectivity index (χ1n) is 4.51. The van der Waals surface area contributed by atoms with Gasteiger partial charge < -0.3 is 4.74 Å². The van der Waals surface area contributed by atoms with Gasteiger partial charge in [0.05, 0.1) is 6.61 Å². The number of hydrogen-bond donors (Lipinski definition) is 1. The molecule has 0 spiro atoms. The third kappa shape index (κ3) is 5.16. The maximum atomic E-state index is 11.4. The highest BCUT2D eigenvalue weighted by Crippen LogP contribution is 2.23. The zero-order chi connectivity index (χ0) is 10.5. The molecule has 0 unspecified atom stereocenters. The van der Waals surface area contributed by atoms with Gasteiger partial charge >= 0.3 is 5.97 Å². The van der Waals surface area contributed by atoms with E-state index < -0.39 is 4.75 Å². The van der Waals surface area contributed by atoms with Gasteiger partial charge in [0.25, 0.3) is 0 Å². The van der Waals surface area contributed by atoms with Crippen LogP contribution in [-0.2, 0) is 9.53 Å². The molecule has 3 nitrogen and oxygen atoms in total. The second-order valence-corrected chi connectivity index (χ2v) is 5.07. The normalized spacial score (nSPS) is 11.8. The Morgan fingerprint density at radius 2 is 2.08 bits per heavy atom. The van der Waals surface area contributed by atoms with Crippen LogP contribution in [0.15, 0.2) is 0 Å². The molecule has 78 valence electrons. The quantitative estimate of drug-likeness (QED) is 0.550. The Hall–Kier alpha value is -0.220. The SMILES string of the molecule is CCOC(=O)C(C)(C)SNC(C)C. The fourth-order valence-electron chi connectivity index (χ4n) is 0.612. The van der Waals surface area contributed by atoms with E-state index >= 15 is 0 Å². The Balaban J connectivity index is 3.98. The van der Waals surface area contributed by atoms with Gasteiger partial charge in [0, 0.05) is 6.04 Å². The van der Waals surface area contributed by atoms with Crippen molar-refractivity contribution in [1.29, 1.82) is 0 Å². The van der Waals surface area contributed by atoms with Gasteiger partial charge in [-0.25, -0.2) is 0 Å². The Morgan fingerprint density at radius 3 is 2.46 bits per heavy atom. The molecule has 0 rings (SSSR count). The lowest BCUT2D eigenvalue weighted by molar-refractivity contribution is -0.145. The minimum absolute atomic E-state index is 0.173. The summed E-state index contributed by atoms with van der Waals surface area (Å²) in [5.74, 6) is -0.173. The van der Waals surface area contributed by atoms with Crippen molar-refractivity contribution < 1.29 is 9.53 Å². The summed E-state index contributed by atoms with van der Waals surface area (Å²) in [6, 6.07) is 0.360. The predicted octanol–water partition coefficient (Wildman–Crippen LogP) is 1.97. The van der Waals surface area contributed by atoms with Crippen LogP contribution < -0.4 is 4.72 Å². The second-order valence-electron chi connectivity index (χ2n) is 3.61. The molecule has 0 aliphatic heterocycles. The molecular formula is C9H19NO2S. The van der Waals surface area contributed by atoms with Crippen molar-refractivity contribution in [3.05, 3.63) is 0 Å². The lowest BCUT2D eigenvalue weighted by Crippen LogP contribution is -2.34. The highest BCUT2D eigenvalue weighted by molar-refractivity contribution is 7.99. The standard InChI is InChI=1S/C9H19NO2S/c1-6-12-8(11)9(4,5)13-10-7(2)3/h7,10H,6H2,1-5H3. The number of nitrogens with one attached hydrogen (secondary N) is 1. The summed E-state index contributed by atoms with van der Waals surface area (Å²) >= 11 is 1.41. The van der Waals surface area contributed by atoms with Crippen LogP contribution in [0.2, 0.25) is 0 Å². The zero-order valence-electron chi connectivity index (χ0n) is 9.01. The van der Waals surface area contributed by atoms with E-state index in [1.165, 1.54) is 11.9 Å². The van der Waals surface area contributed by atoms with Crippen LogP contribution in [0.25, 0.3) is 0 Å². The van der Waals surface area contributed by atoms with E-state index in [0.717, 1.165) is 0 Å². The van der Waals surface area contributed by atoms with Gasteiger partial charge in [-0.1, -0.05) is 11.9 Å². The molecule has 0 amide bonds. The van der Waals surface area contributed by atoms with Gasteiger partial charge in [-0.05, 0) is 34.6 Å². The molecule has 0 heterocycles. The van der Waals surface area contributed by atoms with Crippen LogP contribution in [-0.4, -0.2) is 23.4 Å². The van der Waals surface area contributed by atoms with E-state index in [0.29, 0.717) is 12.6 Å². The number of esters is 1. The predicted molar refractivity (Wildman–Crippen MR) is 56.6 cm³/mol. The maximum absolute atomic E-state index is 11.4. The summed E-state index contributed by atoms with van der Waals surface area (Å²) in [6.07, 6.45) is 0. The van der Waals surface area contributed by atoms with E-state index in [-0.39, 0.29) is 5.97 Å². The van der Waals surface area contributed by atoms with E-state index in [1.807, 2.05) is 34.6 Å². The number of ether oxygens (including phenoxy) is 1. The highest BCUT2D eigenvalue weighted by atomic mass is 32.2. The van der Waals surface area contributed by atoms with Crippen LogP contribution in [0.4, 0.5) is 0 Å². The van der Waals surface area contributed by atoms with Gasteiger partial charge in [0.15, 0.2) is 0 Å². The smallest absolute Gasteiger partial charge is 0.322 e. The molecule has 1 N–H and O–H groups in total. The minimum Gasteiger partial charge on any atom is -0.465 e. The molecule has 0 saturated heterocycles. The molecule has 0 aromatic carbocycles. The molecule has 4 heteroatoms. The third-order valence-corrected chi connectivity index (χ3v) is 2.58. The fraction of sp³-hybridized carbons (Fsp3) is 0.889. The Morgan fingerprint density at radius 1 is 1.54 bits per heavy atom. The van der Waals surface area contributed by atoms with Crippen molar-refractivity contribution in [2.24, 2.45) is 0 Å². The molecule has 13 heavy (non-hydrogen) atoms. The molecule has 0 atom stereocenters. The van der Waals surface area contributed by atoms with Crippen LogP contribution >= 0.6 is 11.9 Å². The molecule has 0 aromatic rings. The lowest BCUT2D eigenvalue weighted by Gasteiger charge is -2.22.